The summed E-state index contributed by atoms with van der Waals surface area (Å²) in [5.41, 5.74) is 0.795. The van der Waals surface area contributed by atoms with E-state index in [9.17, 15) is 9.90 Å². The summed E-state index contributed by atoms with van der Waals surface area (Å²) in [6.07, 6.45) is 9.92. The lowest BCUT2D eigenvalue weighted by Gasteiger charge is -2.64. The largest absolute Gasteiger partial charge is 0.438 e. The molecule has 4 rings (SSSR count). The van der Waals surface area contributed by atoms with Gasteiger partial charge in [-0.3, -0.25) is 4.79 Å². The number of carbonyl (C=O) groups is 1. The van der Waals surface area contributed by atoms with Crippen LogP contribution in [-0.4, -0.2) is 31.1 Å². The van der Waals surface area contributed by atoms with E-state index in [1.54, 1.807) is 7.11 Å². The van der Waals surface area contributed by atoms with E-state index >= 15 is 0 Å². The molecule has 4 nitrogen and oxygen atoms in total. The molecule has 0 heterocycles. The Bertz CT molecular complexity index is 678. The lowest BCUT2D eigenvalue weighted by molar-refractivity contribution is -0.168. The van der Waals surface area contributed by atoms with Crippen LogP contribution in [0.15, 0.2) is 0 Å². The zero-order valence-corrected chi connectivity index (χ0v) is 21.4. The second-order valence-electron chi connectivity index (χ2n) is 12.8. The molecule has 4 fully saturated rings. The number of hydrogen-bond donors (Lipinski definition) is 1. The zero-order chi connectivity index (χ0) is 23.3. The van der Waals surface area contributed by atoms with Crippen molar-refractivity contribution >= 4 is 5.97 Å². The number of aliphatic hydroxyl groups is 1. The third-order valence-corrected chi connectivity index (χ3v) is 11.5. The maximum atomic E-state index is 12.1. The Morgan fingerprint density at radius 2 is 1.84 bits per heavy atom. The van der Waals surface area contributed by atoms with Crippen LogP contribution in [0.5, 0.6) is 0 Å². The zero-order valence-electron chi connectivity index (χ0n) is 21.4. The summed E-state index contributed by atoms with van der Waals surface area (Å²) < 4.78 is 10.0. The molecule has 1 N–H and O–H groups in total. The number of aliphatic hydroxyl groups excluding tert-OH is 1. The molecular weight excluding hydrogens is 400 g/mol. The summed E-state index contributed by atoms with van der Waals surface area (Å²) in [4.78, 5) is 12.1. The molecule has 11 unspecified atom stereocenters. The first kappa shape index (κ1) is 24.5. The third-order valence-electron chi connectivity index (χ3n) is 11.5. The van der Waals surface area contributed by atoms with Crippen LogP contribution >= 0.6 is 0 Å². The second kappa shape index (κ2) is 9.21. The Balaban J connectivity index is 1.51. The standard InChI is InChI=1S/C28H48O4/c1-17(7-10-25(30)32-16-31-6)22-8-9-23-26-18(2)13-20-15-21(29)11-12-27(20,4)24(26)14-19(3)28(22,23)5/h17-24,26,29H,7-16H2,1-6H3. The molecule has 0 aromatic rings. The normalized spacial score (nSPS) is 49.0. The Hall–Kier alpha value is -0.610. The fourth-order valence-corrected chi connectivity index (χ4v) is 9.67. The number of rotatable bonds is 6. The van der Waals surface area contributed by atoms with Gasteiger partial charge in [-0.25, -0.2) is 0 Å². The second-order valence-corrected chi connectivity index (χ2v) is 12.8. The molecule has 0 spiro atoms. The molecule has 4 aliphatic rings. The van der Waals surface area contributed by atoms with Crippen molar-refractivity contribution in [3.63, 3.8) is 0 Å². The molecule has 4 aliphatic carbocycles. The molecule has 0 amide bonds. The van der Waals surface area contributed by atoms with Gasteiger partial charge in [-0.15, -0.1) is 0 Å². The maximum absolute atomic E-state index is 12.1. The van der Waals surface area contributed by atoms with Crippen molar-refractivity contribution in [3.8, 4) is 0 Å². The van der Waals surface area contributed by atoms with E-state index in [-0.39, 0.29) is 18.9 Å². The first-order valence-corrected chi connectivity index (χ1v) is 13.5. The molecule has 4 heteroatoms. The number of methoxy groups -OCH3 is 1. The lowest BCUT2D eigenvalue weighted by Crippen LogP contribution is -2.58. The van der Waals surface area contributed by atoms with Gasteiger partial charge in [0.15, 0.2) is 6.79 Å². The van der Waals surface area contributed by atoms with Crippen LogP contribution in [0.3, 0.4) is 0 Å². The summed E-state index contributed by atoms with van der Waals surface area (Å²) in [5.74, 6) is 5.76. The molecule has 0 aliphatic heterocycles. The van der Waals surface area contributed by atoms with Gasteiger partial charge in [0.05, 0.1) is 6.10 Å². The first-order valence-electron chi connectivity index (χ1n) is 13.5. The van der Waals surface area contributed by atoms with Crippen LogP contribution in [0.1, 0.15) is 92.4 Å². The summed E-state index contributed by atoms with van der Waals surface area (Å²) in [7, 11) is 1.55. The van der Waals surface area contributed by atoms with E-state index < -0.39 is 0 Å². The predicted molar refractivity (Wildman–Crippen MR) is 127 cm³/mol. The van der Waals surface area contributed by atoms with Crippen molar-refractivity contribution in [1.82, 2.24) is 0 Å². The quantitative estimate of drug-likeness (QED) is 0.396. The highest BCUT2D eigenvalue weighted by molar-refractivity contribution is 5.69. The van der Waals surface area contributed by atoms with Crippen molar-refractivity contribution in [3.05, 3.63) is 0 Å². The minimum Gasteiger partial charge on any atom is -0.438 e. The smallest absolute Gasteiger partial charge is 0.307 e. The van der Waals surface area contributed by atoms with Crippen molar-refractivity contribution < 1.29 is 19.4 Å². The van der Waals surface area contributed by atoms with E-state index in [2.05, 4.69) is 34.6 Å². The minimum absolute atomic E-state index is 0.0607. The van der Waals surface area contributed by atoms with Crippen molar-refractivity contribution in [2.75, 3.05) is 13.9 Å². The topological polar surface area (TPSA) is 55.8 Å². The average molecular weight is 449 g/mol. The van der Waals surface area contributed by atoms with Gasteiger partial charge in [0.1, 0.15) is 0 Å². The SMILES string of the molecule is COCOC(=O)CCC(C)C1CCC2C3C(C)CC4CC(O)CCC4(C)C3CC(C)C12C. The van der Waals surface area contributed by atoms with Crippen molar-refractivity contribution in [2.45, 2.75) is 98.5 Å². The fourth-order valence-electron chi connectivity index (χ4n) is 9.67. The van der Waals surface area contributed by atoms with Gasteiger partial charge in [0.2, 0.25) is 0 Å². The van der Waals surface area contributed by atoms with Gasteiger partial charge in [-0.1, -0.05) is 34.6 Å². The molecule has 0 radical (unpaired) electrons. The molecule has 0 aromatic heterocycles. The number of ether oxygens (including phenoxy) is 2. The number of carbonyl (C=O) groups excluding carboxylic acids is 1. The molecule has 184 valence electrons. The summed E-state index contributed by atoms with van der Waals surface area (Å²) >= 11 is 0. The van der Waals surface area contributed by atoms with Crippen LogP contribution in [-0.2, 0) is 14.3 Å². The molecule has 32 heavy (non-hydrogen) atoms. The monoisotopic (exact) mass is 448 g/mol. The highest BCUT2D eigenvalue weighted by Crippen LogP contribution is 2.70. The highest BCUT2D eigenvalue weighted by Gasteiger charge is 2.64. The van der Waals surface area contributed by atoms with Crippen molar-refractivity contribution in [1.29, 1.82) is 0 Å². The van der Waals surface area contributed by atoms with Crippen LogP contribution in [0, 0.1) is 58.2 Å². The molecular formula is C28H48O4. The molecule has 11 atom stereocenters. The summed E-state index contributed by atoms with van der Waals surface area (Å²) in [6.45, 7) is 12.7. The molecule has 0 bridgehead atoms. The van der Waals surface area contributed by atoms with Gasteiger partial charge in [-0.2, -0.15) is 0 Å². The lowest BCUT2D eigenvalue weighted by atomic mass is 9.40. The fraction of sp³-hybridized carbons (Fsp3) is 0.964. The van der Waals surface area contributed by atoms with Crippen molar-refractivity contribution in [2.24, 2.45) is 58.2 Å². The minimum atomic E-state index is -0.130. The summed E-state index contributed by atoms with van der Waals surface area (Å²) in [5, 5.41) is 10.4. The van der Waals surface area contributed by atoms with Crippen LogP contribution < -0.4 is 0 Å². The van der Waals surface area contributed by atoms with E-state index in [1.165, 1.54) is 32.1 Å². The van der Waals surface area contributed by atoms with Gasteiger partial charge in [-0.05, 0) is 110 Å². The Morgan fingerprint density at radius 1 is 1.09 bits per heavy atom. The average Bonchev–Trinajstić information content (AvgIpc) is 3.11. The molecule has 4 saturated carbocycles. The van der Waals surface area contributed by atoms with Crippen LogP contribution in [0.4, 0.5) is 0 Å². The highest BCUT2D eigenvalue weighted by atomic mass is 16.7. The number of fused-ring (bicyclic) bond motifs is 5. The number of hydrogen-bond acceptors (Lipinski definition) is 4. The Kier molecular flexibility index (Phi) is 7.05. The van der Waals surface area contributed by atoms with Crippen LogP contribution in [0.25, 0.3) is 0 Å². The van der Waals surface area contributed by atoms with Gasteiger partial charge in [0, 0.05) is 13.5 Å². The Labute approximate surface area is 196 Å². The van der Waals surface area contributed by atoms with E-state index in [1.807, 2.05) is 0 Å². The van der Waals surface area contributed by atoms with Gasteiger partial charge < -0.3 is 14.6 Å². The number of esters is 1. The third kappa shape index (κ3) is 3.96. The predicted octanol–water partition coefficient (Wildman–Crippen LogP) is 6.06. The Morgan fingerprint density at radius 3 is 2.56 bits per heavy atom. The van der Waals surface area contributed by atoms with Crippen LogP contribution in [0.2, 0.25) is 0 Å². The van der Waals surface area contributed by atoms with E-state index in [0.29, 0.717) is 35.0 Å². The van der Waals surface area contributed by atoms with Gasteiger partial charge >= 0.3 is 5.97 Å². The first-order chi connectivity index (χ1) is 15.1. The molecule has 0 aromatic carbocycles. The van der Waals surface area contributed by atoms with E-state index in [0.717, 1.165) is 48.9 Å². The summed E-state index contributed by atoms with van der Waals surface area (Å²) in [6, 6.07) is 0. The van der Waals surface area contributed by atoms with E-state index in [4.69, 9.17) is 9.47 Å². The van der Waals surface area contributed by atoms with Gasteiger partial charge in [0.25, 0.3) is 0 Å². The maximum Gasteiger partial charge on any atom is 0.307 e. The molecule has 0 saturated heterocycles.